The maximum Gasteiger partial charge on any atom is 0.247 e. The lowest BCUT2D eigenvalue weighted by molar-refractivity contribution is -0.117. The summed E-state index contributed by atoms with van der Waals surface area (Å²) in [7, 11) is 0. The molecule has 0 saturated carbocycles. The number of allylic oxidation sites excluding steroid dienone is 1. The van der Waals surface area contributed by atoms with Crippen molar-refractivity contribution in [2.24, 2.45) is 0 Å². The summed E-state index contributed by atoms with van der Waals surface area (Å²) < 4.78 is 14.2. The first-order valence-corrected chi connectivity index (χ1v) is 8.27. The van der Waals surface area contributed by atoms with Crippen LogP contribution in [0, 0.1) is 12.7 Å². The van der Waals surface area contributed by atoms with E-state index in [-0.39, 0.29) is 11.7 Å². The summed E-state index contributed by atoms with van der Waals surface area (Å²) in [4.78, 5) is 12.2. The SMILES string of the molecule is CCCNC(=O)/C(C)=C(\C)c1cc(F)cc(-c2ccccc2)c1C. The third-order valence-corrected chi connectivity index (χ3v) is 4.30. The summed E-state index contributed by atoms with van der Waals surface area (Å²) in [6.45, 7) is 8.28. The standard InChI is InChI=1S/C21H24FNO/c1-5-11-23-21(24)15(3)14(2)19-12-18(22)13-20(16(19)4)17-9-7-6-8-10-17/h6-10,12-13H,5,11H2,1-4H3,(H,23,24)/b15-14+. The first-order chi connectivity index (χ1) is 11.5. The number of hydrogen-bond acceptors (Lipinski definition) is 1. The molecule has 24 heavy (non-hydrogen) atoms. The van der Waals surface area contributed by atoms with Crippen LogP contribution >= 0.6 is 0 Å². The Morgan fingerprint density at radius 2 is 1.79 bits per heavy atom. The maximum absolute atomic E-state index is 14.2. The predicted molar refractivity (Wildman–Crippen MR) is 98.1 cm³/mol. The number of halogens is 1. The van der Waals surface area contributed by atoms with Gasteiger partial charge in [0.25, 0.3) is 0 Å². The molecule has 0 bridgehead atoms. The van der Waals surface area contributed by atoms with Crippen LogP contribution in [0.3, 0.4) is 0 Å². The van der Waals surface area contributed by atoms with Gasteiger partial charge in [0.1, 0.15) is 5.82 Å². The normalized spacial score (nSPS) is 11.9. The Bertz CT molecular complexity index is 763. The Morgan fingerprint density at radius 3 is 2.42 bits per heavy atom. The summed E-state index contributed by atoms with van der Waals surface area (Å²) in [6.07, 6.45) is 0.884. The van der Waals surface area contributed by atoms with Gasteiger partial charge < -0.3 is 5.32 Å². The molecule has 0 radical (unpaired) electrons. The Balaban J connectivity index is 2.51. The molecule has 0 unspecified atom stereocenters. The number of benzene rings is 2. The highest BCUT2D eigenvalue weighted by atomic mass is 19.1. The number of carbonyl (C=O) groups is 1. The van der Waals surface area contributed by atoms with Crippen molar-refractivity contribution in [3.05, 3.63) is 65.0 Å². The van der Waals surface area contributed by atoms with Gasteiger partial charge in [-0.15, -0.1) is 0 Å². The molecule has 0 aliphatic rings. The van der Waals surface area contributed by atoms with Crippen molar-refractivity contribution in [3.63, 3.8) is 0 Å². The largest absolute Gasteiger partial charge is 0.352 e. The Kier molecular flexibility index (Phi) is 5.91. The van der Waals surface area contributed by atoms with Crippen LogP contribution in [0.15, 0.2) is 48.0 Å². The summed E-state index contributed by atoms with van der Waals surface area (Å²) in [5, 5.41) is 2.87. The summed E-state index contributed by atoms with van der Waals surface area (Å²) in [5.41, 5.74) is 5.00. The first kappa shape index (κ1) is 17.9. The van der Waals surface area contributed by atoms with Gasteiger partial charge in [-0.1, -0.05) is 37.3 Å². The quantitative estimate of drug-likeness (QED) is 0.759. The topological polar surface area (TPSA) is 29.1 Å². The van der Waals surface area contributed by atoms with Gasteiger partial charge in [-0.05, 0) is 67.2 Å². The maximum atomic E-state index is 14.2. The molecule has 126 valence electrons. The summed E-state index contributed by atoms with van der Waals surface area (Å²) in [5.74, 6) is -0.394. The molecule has 1 N–H and O–H groups in total. The average Bonchev–Trinajstić information content (AvgIpc) is 2.60. The molecule has 0 aromatic heterocycles. The van der Waals surface area contributed by atoms with Gasteiger partial charge in [0.05, 0.1) is 0 Å². The summed E-state index contributed by atoms with van der Waals surface area (Å²) in [6, 6.07) is 12.8. The molecule has 3 heteroatoms. The fourth-order valence-electron chi connectivity index (χ4n) is 2.73. The Hall–Kier alpha value is -2.42. The molecule has 0 atom stereocenters. The van der Waals surface area contributed by atoms with Crippen LogP contribution in [0.4, 0.5) is 4.39 Å². The zero-order valence-corrected chi connectivity index (χ0v) is 14.7. The molecule has 0 aliphatic carbocycles. The van der Waals surface area contributed by atoms with Gasteiger partial charge in [-0.25, -0.2) is 4.39 Å². The van der Waals surface area contributed by atoms with Crippen LogP contribution in [-0.2, 0) is 4.79 Å². The number of carbonyl (C=O) groups excluding carboxylic acids is 1. The van der Waals surface area contributed by atoms with Crippen molar-refractivity contribution in [2.75, 3.05) is 6.54 Å². The zero-order chi connectivity index (χ0) is 17.7. The smallest absolute Gasteiger partial charge is 0.247 e. The zero-order valence-electron chi connectivity index (χ0n) is 14.7. The molecule has 2 aromatic carbocycles. The van der Waals surface area contributed by atoms with Crippen molar-refractivity contribution in [1.82, 2.24) is 5.32 Å². The van der Waals surface area contributed by atoms with E-state index < -0.39 is 0 Å². The van der Waals surface area contributed by atoms with Crippen molar-refractivity contribution in [1.29, 1.82) is 0 Å². The van der Waals surface area contributed by atoms with E-state index >= 15 is 0 Å². The fraction of sp³-hybridized carbons (Fsp3) is 0.286. The van der Waals surface area contributed by atoms with E-state index in [2.05, 4.69) is 5.32 Å². The van der Waals surface area contributed by atoms with Crippen LogP contribution in [-0.4, -0.2) is 12.5 Å². The lowest BCUT2D eigenvalue weighted by Crippen LogP contribution is -2.25. The summed E-state index contributed by atoms with van der Waals surface area (Å²) >= 11 is 0. The molecule has 2 rings (SSSR count). The second-order valence-corrected chi connectivity index (χ2v) is 6.00. The van der Waals surface area contributed by atoms with Crippen LogP contribution in [0.1, 0.15) is 38.3 Å². The highest BCUT2D eigenvalue weighted by Crippen LogP contribution is 2.31. The van der Waals surface area contributed by atoms with E-state index in [1.54, 1.807) is 13.0 Å². The minimum absolute atomic E-state index is 0.0979. The molecule has 0 spiro atoms. The Labute approximate surface area is 143 Å². The number of amides is 1. The van der Waals surface area contributed by atoms with E-state index in [9.17, 15) is 9.18 Å². The van der Waals surface area contributed by atoms with Crippen molar-refractivity contribution >= 4 is 11.5 Å². The number of nitrogens with one attached hydrogen (secondary N) is 1. The second-order valence-electron chi connectivity index (χ2n) is 6.00. The fourth-order valence-corrected chi connectivity index (χ4v) is 2.73. The highest BCUT2D eigenvalue weighted by molar-refractivity contribution is 6.00. The van der Waals surface area contributed by atoms with Gasteiger partial charge in [0, 0.05) is 12.1 Å². The van der Waals surface area contributed by atoms with E-state index in [0.29, 0.717) is 12.1 Å². The monoisotopic (exact) mass is 325 g/mol. The molecule has 0 heterocycles. The molecule has 0 fully saturated rings. The molecule has 2 aromatic rings. The molecular weight excluding hydrogens is 301 g/mol. The van der Waals surface area contributed by atoms with E-state index in [1.807, 2.05) is 51.1 Å². The van der Waals surface area contributed by atoms with Crippen molar-refractivity contribution < 1.29 is 9.18 Å². The third-order valence-electron chi connectivity index (χ3n) is 4.30. The minimum Gasteiger partial charge on any atom is -0.352 e. The molecule has 2 nitrogen and oxygen atoms in total. The van der Waals surface area contributed by atoms with Gasteiger partial charge in [-0.3, -0.25) is 4.79 Å². The predicted octanol–water partition coefficient (Wildman–Crippen LogP) is 5.12. The van der Waals surface area contributed by atoms with E-state index in [1.165, 1.54) is 6.07 Å². The molecule has 0 aliphatic heterocycles. The van der Waals surface area contributed by atoms with Crippen LogP contribution in [0.2, 0.25) is 0 Å². The molecule has 1 amide bonds. The lowest BCUT2D eigenvalue weighted by atomic mass is 9.91. The molecule has 0 saturated heterocycles. The first-order valence-electron chi connectivity index (χ1n) is 8.27. The van der Waals surface area contributed by atoms with E-state index in [0.717, 1.165) is 34.2 Å². The van der Waals surface area contributed by atoms with Gasteiger partial charge in [0.15, 0.2) is 0 Å². The van der Waals surface area contributed by atoms with Crippen LogP contribution in [0.25, 0.3) is 16.7 Å². The van der Waals surface area contributed by atoms with Gasteiger partial charge in [-0.2, -0.15) is 0 Å². The third kappa shape index (κ3) is 3.91. The molecular formula is C21H24FNO. The number of hydrogen-bond donors (Lipinski definition) is 1. The van der Waals surface area contributed by atoms with Crippen LogP contribution in [0.5, 0.6) is 0 Å². The van der Waals surface area contributed by atoms with Crippen molar-refractivity contribution in [2.45, 2.75) is 34.1 Å². The second kappa shape index (κ2) is 7.91. The lowest BCUT2D eigenvalue weighted by Gasteiger charge is -2.15. The van der Waals surface area contributed by atoms with Gasteiger partial charge in [0.2, 0.25) is 5.91 Å². The average molecular weight is 325 g/mol. The van der Waals surface area contributed by atoms with Crippen molar-refractivity contribution in [3.8, 4) is 11.1 Å². The Morgan fingerprint density at radius 1 is 1.12 bits per heavy atom. The highest BCUT2D eigenvalue weighted by Gasteiger charge is 2.14. The number of rotatable bonds is 5. The minimum atomic E-state index is -0.296. The van der Waals surface area contributed by atoms with Crippen LogP contribution < -0.4 is 5.32 Å². The van der Waals surface area contributed by atoms with Gasteiger partial charge >= 0.3 is 0 Å². The van der Waals surface area contributed by atoms with E-state index in [4.69, 9.17) is 0 Å².